The van der Waals surface area contributed by atoms with Gasteiger partial charge in [0, 0.05) is 12.5 Å². The van der Waals surface area contributed by atoms with E-state index >= 15 is 0 Å². The molecule has 0 aliphatic heterocycles. The van der Waals surface area contributed by atoms with Gasteiger partial charge in [-0.05, 0) is 23.8 Å². The van der Waals surface area contributed by atoms with Crippen molar-refractivity contribution >= 4 is 5.91 Å². The molecule has 0 spiro atoms. The van der Waals surface area contributed by atoms with Crippen LogP contribution in [0.5, 0.6) is 0 Å². The molecule has 1 aromatic carbocycles. The Labute approximate surface area is 117 Å². The first kappa shape index (κ1) is 15.7. The normalized spacial score (nSPS) is 14.2. The Bertz CT molecular complexity index is 372. The number of rotatable bonds is 7. The van der Waals surface area contributed by atoms with Crippen molar-refractivity contribution in [3.63, 3.8) is 0 Å². The molecule has 0 radical (unpaired) electrons. The van der Waals surface area contributed by atoms with Crippen molar-refractivity contribution in [3.8, 4) is 0 Å². The molecular formula is C17H27NO. The summed E-state index contributed by atoms with van der Waals surface area (Å²) < 4.78 is 0. The summed E-state index contributed by atoms with van der Waals surface area (Å²) in [7, 11) is 0. The van der Waals surface area contributed by atoms with Gasteiger partial charge in [-0.15, -0.1) is 0 Å². The van der Waals surface area contributed by atoms with Gasteiger partial charge in [0.1, 0.15) is 0 Å². The van der Waals surface area contributed by atoms with E-state index in [-0.39, 0.29) is 11.9 Å². The van der Waals surface area contributed by atoms with Gasteiger partial charge in [0.25, 0.3) is 0 Å². The van der Waals surface area contributed by atoms with Crippen LogP contribution in [0, 0.1) is 11.8 Å². The SMILES string of the molecule is CC[C@H](C)C(Cc1ccccc1)NC(=O)CC(C)C. The number of nitrogens with one attached hydrogen (secondary N) is 1. The maximum atomic E-state index is 12.0. The lowest BCUT2D eigenvalue weighted by Crippen LogP contribution is -2.41. The minimum atomic E-state index is 0.177. The molecule has 0 aliphatic carbocycles. The van der Waals surface area contributed by atoms with Crippen molar-refractivity contribution in [2.24, 2.45) is 11.8 Å². The molecule has 1 rings (SSSR count). The molecule has 2 nitrogen and oxygen atoms in total. The molecule has 1 aromatic rings. The third kappa shape index (κ3) is 5.91. The van der Waals surface area contributed by atoms with E-state index in [1.165, 1.54) is 5.56 Å². The highest BCUT2D eigenvalue weighted by atomic mass is 16.1. The first-order valence-electron chi connectivity index (χ1n) is 7.36. The Morgan fingerprint density at radius 2 is 1.79 bits per heavy atom. The average molecular weight is 261 g/mol. The maximum absolute atomic E-state index is 12.0. The van der Waals surface area contributed by atoms with E-state index in [4.69, 9.17) is 0 Å². The number of benzene rings is 1. The zero-order chi connectivity index (χ0) is 14.3. The summed E-state index contributed by atoms with van der Waals surface area (Å²) in [5, 5.41) is 3.21. The number of amides is 1. The molecule has 0 aromatic heterocycles. The molecule has 0 saturated carbocycles. The molecule has 106 valence electrons. The number of carbonyl (C=O) groups is 1. The number of hydrogen-bond donors (Lipinski definition) is 1. The van der Waals surface area contributed by atoms with Crippen LogP contribution in [0.4, 0.5) is 0 Å². The lowest BCUT2D eigenvalue weighted by Gasteiger charge is -2.25. The van der Waals surface area contributed by atoms with Crippen LogP contribution in [0.2, 0.25) is 0 Å². The van der Waals surface area contributed by atoms with Gasteiger partial charge in [-0.1, -0.05) is 64.4 Å². The third-order valence-electron chi connectivity index (χ3n) is 3.57. The van der Waals surface area contributed by atoms with Crippen molar-refractivity contribution in [3.05, 3.63) is 35.9 Å². The Hall–Kier alpha value is -1.31. The summed E-state index contributed by atoms with van der Waals surface area (Å²) in [6.07, 6.45) is 2.61. The summed E-state index contributed by atoms with van der Waals surface area (Å²) in [5.41, 5.74) is 1.29. The fourth-order valence-corrected chi connectivity index (χ4v) is 2.18. The molecule has 0 heterocycles. The first-order chi connectivity index (χ1) is 9.02. The molecule has 0 bridgehead atoms. The van der Waals surface area contributed by atoms with Gasteiger partial charge in [0.2, 0.25) is 5.91 Å². The molecule has 0 fully saturated rings. The van der Waals surface area contributed by atoms with Crippen molar-refractivity contribution in [1.82, 2.24) is 5.32 Å². The van der Waals surface area contributed by atoms with Gasteiger partial charge >= 0.3 is 0 Å². The van der Waals surface area contributed by atoms with Crippen LogP contribution in [0.15, 0.2) is 30.3 Å². The van der Waals surface area contributed by atoms with E-state index in [1.54, 1.807) is 0 Å². The van der Waals surface area contributed by atoms with E-state index in [0.717, 1.165) is 12.8 Å². The smallest absolute Gasteiger partial charge is 0.220 e. The van der Waals surface area contributed by atoms with E-state index in [2.05, 4.69) is 57.3 Å². The Morgan fingerprint density at radius 3 is 2.32 bits per heavy atom. The van der Waals surface area contributed by atoms with Crippen molar-refractivity contribution < 1.29 is 4.79 Å². The second-order valence-corrected chi connectivity index (χ2v) is 5.85. The summed E-state index contributed by atoms with van der Waals surface area (Å²) in [5.74, 6) is 1.09. The van der Waals surface area contributed by atoms with Gasteiger partial charge in [0.05, 0.1) is 0 Å². The highest BCUT2D eigenvalue weighted by molar-refractivity contribution is 5.76. The minimum Gasteiger partial charge on any atom is -0.353 e. The van der Waals surface area contributed by atoms with Crippen LogP contribution in [-0.2, 0) is 11.2 Å². The second kappa shape index (κ2) is 7.98. The highest BCUT2D eigenvalue weighted by Gasteiger charge is 2.19. The average Bonchev–Trinajstić information content (AvgIpc) is 2.37. The van der Waals surface area contributed by atoms with Crippen LogP contribution >= 0.6 is 0 Å². The number of carbonyl (C=O) groups excluding carboxylic acids is 1. The predicted octanol–water partition coefficient (Wildman–Crippen LogP) is 3.81. The Kier molecular flexibility index (Phi) is 6.61. The van der Waals surface area contributed by atoms with Crippen LogP contribution < -0.4 is 5.32 Å². The lowest BCUT2D eigenvalue weighted by molar-refractivity contribution is -0.122. The largest absolute Gasteiger partial charge is 0.353 e. The van der Waals surface area contributed by atoms with E-state index in [0.29, 0.717) is 18.3 Å². The topological polar surface area (TPSA) is 29.1 Å². The van der Waals surface area contributed by atoms with Gasteiger partial charge in [-0.2, -0.15) is 0 Å². The molecule has 2 heteroatoms. The predicted molar refractivity (Wildman–Crippen MR) is 81.0 cm³/mol. The summed E-state index contributed by atoms with van der Waals surface area (Å²) in [6.45, 7) is 8.55. The van der Waals surface area contributed by atoms with Crippen LogP contribution in [0.1, 0.15) is 46.1 Å². The van der Waals surface area contributed by atoms with Gasteiger partial charge < -0.3 is 5.32 Å². The van der Waals surface area contributed by atoms with E-state index in [9.17, 15) is 4.79 Å². The lowest BCUT2D eigenvalue weighted by atomic mass is 9.92. The quantitative estimate of drug-likeness (QED) is 0.794. The Morgan fingerprint density at radius 1 is 1.16 bits per heavy atom. The fourth-order valence-electron chi connectivity index (χ4n) is 2.18. The zero-order valence-electron chi connectivity index (χ0n) is 12.6. The van der Waals surface area contributed by atoms with Gasteiger partial charge in [0.15, 0.2) is 0 Å². The number of hydrogen-bond acceptors (Lipinski definition) is 1. The van der Waals surface area contributed by atoms with Crippen LogP contribution in [0.3, 0.4) is 0 Å². The third-order valence-corrected chi connectivity index (χ3v) is 3.57. The van der Waals surface area contributed by atoms with Crippen LogP contribution in [-0.4, -0.2) is 11.9 Å². The van der Waals surface area contributed by atoms with E-state index < -0.39 is 0 Å². The van der Waals surface area contributed by atoms with Gasteiger partial charge in [-0.25, -0.2) is 0 Å². The van der Waals surface area contributed by atoms with Crippen molar-refractivity contribution in [2.45, 2.75) is 53.0 Å². The monoisotopic (exact) mass is 261 g/mol. The molecular weight excluding hydrogens is 234 g/mol. The molecule has 19 heavy (non-hydrogen) atoms. The highest BCUT2D eigenvalue weighted by Crippen LogP contribution is 2.14. The fraction of sp³-hybridized carbons (Fsp3) is 0.588. The minimum absolute atomic E-state index is 0.177. The molecule has 1 N–H and O–H groups in total. The summed E-state index contributed by atoms with van der Waals surface area (Å²) in [6, 6.07) is 10.6. The van der Waals surface area contributed by atoms with Gasteiger partial charge in [-0.3, -0.25) is 4.79 Å². The zero-order valence-corrected chi connectivity index (χ0v) is 12.6. The summed E-state index contributed by atoms with van der Waals surface area (Å²) in [4.78, 5) is 12.0. The molecule has 1 amide bonds. The molecule has 0 aliphatic rings. The summed E-state index contributed by atoms with van der Waals surface area (Å²) >= 11 is 0. The van der Waals surface area contributed by atoms with Crippen molar-refractivity contribution in [2.75, 3.05) is 0 Å². The van der Waals surface area contributed by atoms with Crippen molar-refractivity contribution in [1.29, 1.82) is 0 Å². The molecule has 1 unspecified atom stereocenters. The first-order valence-corrected chi connectivity index (χ1v) is 7.36. The molecule has 2 atom stereocenters. The standard InChI is InChI=1S/C17H27NO/c1-5-14(4)16(18-17(19)11-13(2)3)12-15-9-7-6-8-10-15/h6-10,13-14,16H,5,11-12H2,1-4H3,(H,18,19)/t14-,16?/m0/s1. The van der Waals surface area contributed by atoms with Crippen LogP contribution in [0.25, 0.3) is 0 Å². The van der Waals surface area contributed by atoms with E-state index in [1.807, 2.05) is 6.07 Å². The maximum Gasteiger partial charge on any atom is 0.220 e. The molecule has 0 saturated heterocycles. The second-order valence-electron chi connectivity index (χ2n) is 5.85. The Balaban J connectivity index is 2.64.